The Morgan fingerprint density at radius 3 is 2.54 bits per heavy atom. The number of likely N-dealkylation sites (tertiary alicyclic amines) is 1. The van der Waals surface area contributed by atoms with Crippen LogP contribution in [-0.2, 0) is 17.8 Å². The molecule has 1 aliphatic heterocycles. The molecule has 2 aromatic carbocycles. The smallest absolute Gasteiger partial charge is 0.351 e. The van der Waals surface area contributed by atoms with Gasteiger partial charge in [-0.1, -0.05) is 30.7 Å². The van der Waals surface area contributed by atoms with Crippen LogP contribution < -0.4 is 11.0 Å². The lowest BCUT2D eigenvalue weighted by molar-refractivity contribution is -0.122. The number of hydrogen-bond donors (Lipinski definition) is 1. The minimum atomic E-state index is -0.401. The molecule has 1 amide bonds. The van der Waals surface area contributed by atoms with Crippen LogP contribution in [0.1, 0.15) is 44.2 Å². The Morgan fingerprint density at radius 2 is 1.86 bits per heavy atom. The summed E-state index contributed by atoms with van der Waals surface area (Å²) in [6, 6.07) is 16.8. The third-order valence-corrected chi connectivity index (χ3v) is 6.21. The molecule has 0 aliphatic carbocycles. The first-order chi connectivity index (χ1) is 16.9. The van der Waals surface area contributed by atoms with Crippen LogP contribution in [0.4, 0.5) is 0 Å². The van der Waals surface area contributed by atoms with Crippen molar-refractivity contribution < 1.29 is 4.79 Å². The Hall–Kier alpha value is -3.70. The number of amides is 1. The van der Waals surface area contributed by atoms with Gasteiger partial charge in [-0.2, -0.15) is 9.94 Å². The largest absolute Gasteiger partial charge is 0.352 e. The van der Waals surface area contributed by atoms with E-state index in [0.717, 1.165) is 13.0 Å². The minimum absolute atomic E-state index is 0.0453. The number of rotatable bonds is 8. The van der Waals surface area contributed by atoms with Gasteiger partial charge >= 0.3 is 5.69 Å². The lowest BCUT2D eigenvalue weighted by Gasteiger charge is -2.26. The average molecular weight is 473 g/mol. The van der Waals surface area contributed by atoms with E-state index in [2.05, 4.69) is 21.4 Å². The molecule has 1 N–H and O–H groups in total. The fourth-order valence-electron chi connectivity index (χ4n) is 4.43. The highest BCUT2D eigenvalue weighted by atomic mass is 16.2. The SMILES string of the molecule is CC(C)NC(=O)Cn1c(-c2cccc(C#N)c2)nn(-c2ccc(CCN3CCCCC3)cc2)c1=O. The number of benzene rings is 2. The van der Waals surface area contributed by atoms with Gasteiger partial charge in [-0.3, -0.25) is 9.36 Å². The molecule has 3 aromatic rings. The van der Waals surface area contributed by atoms with E-state index >= 15 is 0 Å². The maximum absolute atomic E-state index is 13.4. The van der Waals surface area contributed by atoms with E-state index in [-0.39, 0.29) is 18.5 Å². The number of carbonyl (C=O) groups excluding carboxylic acids is 1. The maximum atomic E-state index is 13.4. The Morgan fingerprint density at radius 1 is 1.11 bits per heavy atom. The highest BCUT2D eigenvalue weighted by molar-refractivity contribution is 5.76. The molecule has 8 heteroatoms. The van der Waals surface area contributed by atoms with Gasteiger partial charge < -0.3 is 10.2 Å². The number of nitrogens with one attached hydrogen (secondary N) is 1. The molecule has 182 valence electrons. The first-order valence-corrected chi connectivity index (χ1v) is 12.3. The summed E-state index contributed by atoms with van der Waals surface area (Å²) in [5, 5.41) is 16.7. The van der Waals surface area contributed by atoms with E-state index in [4.69, 9.17) is 0 Å². The van der Waals surface area contributed by atoms with Crippen LogP contribution in [0.5, 0.6) is 0 Å². The van der Waals surface area contributed by atoms with Crippen LogP contribution in [0.25, 0.3) is 17.1 Å². The lowest BCUT2D eigenvalue weighted by atomic mass is 10.1. The first-order valence-electron chi connectivity index (χ1n) is 12.3. The topological polar surface area (TPSA) is 96.0 Å². The fraction of sp³-hybridized carbons (Fsp3) is 0.407. The highest BCUT2D eigenvalue weighted by Crippen LogP contribution is 2.19. The minimum Gasteiger partial charge on any atom is -0.352 e. The summed E-state index contributed by atoms with van der Waals surface area (Å²) < 4.78 is 2.68. The van der Waals surface area contributed by atoms with Crippen LogP contribution in [0.15, 0.2) is 53.3 Å². The number of nitriles is 1. The van der Waals surface area contributed by atoms with Gasteiger partial charge in [0.25, 0.3) is 0 Å². The number of hydrogen-bond acceptors (Lipinski definition) is 5. The third-order valence-electron chi connectivity index (χ3n) is 6.21. The number of nitrogens with zero attached hydrogens (tertiary/aromatic N) is 5. The normalized spacial score (nSPS) is 14.1. The summed E-state index contributed by atoms with van der Waals surface area (Å²) in [5.74, 6) is 0.0765. The molecule has 4 rings (SSSR count). The van der Waals surface area contributed by atoms with Crippen molar-refractivity contribution >= 4 is 5.91 Å². The van der Waals surface area contributed by atoms with Crippen molar-refractivity contribution in [3.63, 3.8) is 0 Å². The van der Waals surface area contributed by atoms with E-state index in [9.17, 15) is 14.9 Å². The number of aromatic nitrogens is 3. The second kappa shape index (κ2) is 11.2. The van der Waals surface area contributed by atoms with Gasteiger partial charge in [0.1, 0.15) is 6.54 Å². The molecule has 1 aromatic heterocycles. The van der Waals surface area contributed by atoms with Gasteiger partial charge in [-0.15, -0.1) is 5.10 Å². The van der Waals surface area contributed by atoms with Crippen molar-refractivity contribution in [1.29, 1.82) is 5.26 Å². The van der Waals surface area contributed by atoms with E-state index in [1.54, 1.807) is 24.3 Å². The van der Waals surface area contributed by atoms with Crippen molar-refractivity contribution in [3.05, 3.63) is 70.1 Å². The second-order valence-corrected chi connectivity index (χ2v) is 9.34. The summed E-state index contributed by atoms with van der Waals surface area (Å²) >= 11 is 0. The molecular formula is C27H32N6O2. The molecule has 0 atom stereocenters. The highest BCUT2D eigenvalue weighted by Gasteiger charge is 2.19. The Bertz CT molecular complexity index is 1260. The molecule has 35 heavy (non-hydrogen) atoms. The van der Waals surface area contributed by atoms with E-state index in [1.165, 1.54) is 47.2 Å². The van der Waals surface area contributed by atoms with Gasteiger partial charge in [0.05, 0.1) is 17.3 Å². The van der Waals surface area contributed by atoms with E-state index in [1.807, 2.05) is 38.1 Å². The van der Waals surface area contributed by atoms with Gasteiger partial charge in [0, 0.05) is 18.2 Å². The van der Waals surface area contributed by atoms with Crippen molar-refractivity contribution in [3.8, 4) is 23.1 Å². The van der Waals surface area contributed by atoms with Crippen molar-refractivity contribution in [2.75, 3.05) is 19.6 Å². The molecule has 0 unspecified atom stereocenters. The van der Waals surface area contributed by atoms with Crippen LogP contribution in [0.2, 0.25) is 0 Å². The summed E-state index contributed by atoms with van der Waals surface area (Å²) in [4.78, 5) is 28.4. The zero-order valence-corrected chi connectivity index (χ0v) is 20.4. The number of carbonyl (C=O) groups is 1. The van der Waals surface area contributed by atoms with Gasteiger partial charge in [-0.25, -0.2) is 4.79 Å². The zero-order valence-electron chi connectivity index (χ0n) is 20.4. The molecule has 0 radical (unpaired) electrons. The monoisotopic (exact) mass is 472 g/mol. The predicted molar refractivity (Wildman–Crippen MR) is 135 cm³/mol. The van der Waals surface area contributed by atoms with E-state index in [0.29, 0.717) is 22.6 Å². The van der Waals surface area contributed by atoms with Gasteiger partial charge in [0.2, 0.25) is 5.91 Å². The molecule has 1 saturated heterocycles. The Kier molecular flexibility index (Phi) is 7.78. The van der Waals surface area contributed by atoms with Crippen molar-refractivity contribution in [1.82, 2.24) is 24.6 Å². The average Bonchev–Trinajstić information content (AvgIpc) is 3.19. The molecule has 0 bridgehead atoms. The van der Waals surface area contributed by atoms with Crippen LogP contribution >= 0.6 is 0 Å². The predicted octanol–water partition coefficient (Wildman–Crippen LogP) is 3.13. The van der Waals surface area contributed by atoms with Gasteiger partial charge in [-0.05, 0) is 76.0 Å². The van der Waals surface area contributed by atoms with Crippen LogP contribution in [0, 0.1) is 11.3 Å². The third kappa shape index (κ3) is 6.06. The van der Waals surface area contributed by atoms with Gasteiger partial charge in [0.15, 0.2) is 5.82 Å². The summed E-state index contributed by atoms with van der Waals surface area (Å²) in [6.07, 6.45) is 4.85. The quantitative estimate of drug-likeness (QED) is 0.543. The molecular weight excluding hydrogens is 440 g/mol. The van der Waals surface area contributed by atoms with E-state index < -0.39 is 5.69 Å². The molecule has 0 spiro atoms. The zero-order chi connectivity index (χ0) is 24.8. The fourth-order valence-corrected chi connectivity index (χ4v) is 4.43. The molecule has 8 nitrogen and oxygen atoms in total. The van der Waals surface area contributed by atoms with Crippen LogP contribution in [-0.4, -0.2) is 50.8 Å². The maximum Gasteiger partial charge on any atom is 0.351 e. The summed E-state index contributed by atoms with van der Waals surface area (Å²) in [7, 11) is 0. The van der Waals surface area contributed by atoms with Crippen molar-refractivity contribution in [2.24, 2.45) is 0 Å². The standard InChI is InChI=1S/C27H32N6O2/c1-20(2)29-25(34)19-32-26(23-8-6-7-22(17-23)18-28)30-33(27(32)35)24-11-9-21(10-12-24)13-16-31-14-4-3-5-15-31/h6-12,17,20H,3-5,13-16,19H2,1-2H3,(H,29,34). The lowest BCUT2D eigenvalue weighted by Crippen LogP contribution is -2.36. The first kappa shape index (κ1) is 24.4. The molecule has 2 heterocycles. The van der Waals surface area contributed by atoms with Crippen LogP contribution in [0.3, 0.4) is 0 Å². The number of piperidine rings is 1. The summed E-state index contributed by atoms with van der Waals surface area (Å²) in [5.41, 5.74) is 2.51. The van der Waals surface area contributed by atoms with Crippen molar-refractivity contribution in [2.45, 2.75) is 52.1 Å². The molecule has 0 saturated carbocycles. The summed E-state index contributed by atoms with van der Waals surface area (Å²) in [6.45, 7) is 6.97. The second-order valence-electron chi connectivity index (χ2n) is 9.34. The Labute approximate surface area is 205 Å². The molecule has 1 fully saturated rings. The Balaban J connectivity index is 1.62. The molecule has 1 aliphatic rings.